The van der Waals surface area contributed by atoms with Crippen molar-refractivity contribution < 1.29 is 0 Å². The lowest BCUT2D eigenvalue weighted by Gasteiger charge is -2.02. The van der Waals surface area contributed by atoms with Gasteiger partial charge in [0.05, 0.1) is 0 Å². The molecule has 0 amide bonds. The maximum absolute atomic E-state index is 3.78. The Morgan fingerprint density at radius 1 is 1.62 bits per heavy atom. The number of aromatic nitrogens is 1. The van der Waals surface area contributed by atoms with Crippen LogP contribution >= 0.6 is 0 Å². The van der Waals surface area contributed by atoms with Gasteiger partial charge < -0.3 is 4.57 Å². The Hall–Kier alpha value is -1.57. The molecule has 1 aromatic rings. The molecule has 0 atom stereocenters. The molecule has 0 unspecified atom stereocenters. The monoisotopic (exact) mass is 174 g/mol. The second-order valence-corrected chi connectivity index (χ2v) is 2.77. The van der Waals surface area contributed by atoms with Gasteiger partial charge in [-0.25, -0.2) is 0 Å². The number of rotatable bonds is 3. The maximum atomic E-state index is 3.78. The number of hydrogen-bond donors (Lipinski definition) is 0. The number of aryl methyl sites for hydroxylation is 1. The van der Waals surface area contributed by atoms with Crippen LogP contribution in [-0.4, -0.2) is 11.3 Å². The molecule has 0 saturated carbocycles. The van der Waals surface area contributed by atoms with Crippen LogP contribution in [0.5, 0.6) is 0 Å². The lowest BCUT2D eigenvalue weighted by molar-refractivity contribution is 0.910. The average Bonchev–Trinajstić information content (AvgIpc) is 2.51. The molecule has 0 aliphatic rings. The summed E-state index contributed by atoms with van der Waals surface area (Å²) in [5.41, 5.74) is 2.22. The topological polar surface area (TPSA) is 17.3 Å². The average molecular weight is 174 g/mol. The molecule has 0 aromatic carbocycles. The second kappa shape index (κ2) is 4.45. The Labute approximate surface area is 78.9 Å². The number of aliphatic imine (C=N–C) groups is 1. The Morgan fingerprint density at radius 3 is 2.85 bits per heavy atom. The summed E-state index contributed by atoms with van der Waals surface area (Å²) >= 11 is 0. The van der Waals surface area contributed by atoms with E-state index in [2.05, 4.69) is 22.3 Å². The lowest BCUT2D eigenvalue weighted by atomic mass is 10.2. The van der Waals surface area contributed by atoms with Crippen LogP contribution in [0.1, 0.15) is 12.6 Å². The first-order valence-electron chi connectivity index (χ1n) is 4.20. The molecular formula is C11H14N2. The van der Waals surface area contributed by atoms with Gasteiger partial charge in [0, 0.05) is 30.7 Å². The van der Waals surface area contributed by atoms with Crippen LogP contribution in [0.3, 0.4) is 0 Å². The van der Waals surface area contributed by atoms with Crippen LogP contribution in [0, 0.1) is 0 Å². The molecule has 0 fully saturated rings. The highest BCUT2D eigenvalue weighted by atomic mass is 14.9. The summed E-state index contributed by atoms with van der Waals surface area (Å²) in [6.07, 6.45) is 7.78. The minimum atomic E-state index is 1.07. The maximum Gasteiger partial charge on any atom is 0.0493 e. The number of nitrogens with zero attached hydrogens (tertiary/aromatic N) is 2. The Balaban J connectivity index is 3.09. The van der Waals surface area contributed by atoms with Crippen LogP contribution in [0.4, 0.5) is 0 Å². The van der Waals surface area contributed by atoms with E-state index in [1.165, 1.54) is 0 Å². The molecule has 0 spiro atoms. The molecular weight excluding hydrogens is 160 g/mol. The summed E-state index contributed by atoms with van der Waals surface area (Å²) in [6, 6.07) is 4.06. The Bertz CT molecular complexity index is 343. The zero-order valence-corrected chi connectivity index (χ0v) is 8.07. The molecule has 0 aliphatic carbocycles. The van der Waals surface area contributed by atoms with Gasteiger partial charge in [0.25, 0.3) is 0 Å². The van der Waals surface area contributed by atoms with Crippen molar-refractivity contribution in [2.45, 2.75) is 6.92 Å². The largest absolute Gasteiger partial charge is 0.351 e. The SMILES string of the molecule is C=N/C=C(\C=C/C)c1cccn1C. The van der Waals surface area contributed by atoms with Crippen LogP contribution in [-0.2, 0) is 7.05 Å². The fraction of sp³-hybridized carbons (Fsp3) is 0.182. The van der Waals surface area contributed by atoms with Crippen molar-refractivity contribution in [2.75, 3.05) is 0 Å². The molecule has 1 rings (SSSR count). The van der Waals surface area contributed by atoms with Crippen LogP contribution in [0.2, 0.25) is 0 Å². The van der Waals surface area contributed by atoms with E-state index >= 15 is 0 Å². The minimum Gasteiger partial charge on any atom is -0.351 e. The third kappa shape index (κ3) is 2.18. The molecule has 1 aromatic heterocycles. The van der Waals surface area contributed by atoms with E-state index in [1.807, 2.05) is 38.4 Å². The van der Waals surface area contributed by atoms with Gasteiger partial charge in [0.1, 0.15) is 0 Å². The van der Waals surface area contributed by atoms with Gasteiger partial charge in [-0.1, -0.05) is 12.2 Å². The molecule has 2 heteroatoms. The van der Waals surface area contributed by atoms with Crippen molar-refractivity contribution in [3.05, 3.63) is 42.4 Å². The summed E-state index contributed by atoms with van der Waals surface area (Å²) in [5, 5.41) is 0. The van der Waals surface area contributed by atoms with Crippen molar-refractivity contribution in [3.63, 3.8) is 0 Å². The van der Waals surface area contributed by atoms with Gasteiger partial charge >= 0.3 is 0 Å². The predicted octanol–water partition coefficient (Wildman–Crippen LogP) is 2.64. The zero-order valence-electron chi connectivity index (χ0n) is 8.07. The summed E-state index contributed by atoms with van der Waals surface area (Å²) in [6.45, 7) is 5.44. The van der Waals surface area contributed by atoms with E-state index < -0.39 is 0 Å². The van der Waals surface area contributed by atoms with Gasteiger partial charge in [0.2, 0.25) is 0 Å². The third-order valence-corrected chi connectivity index (χ3v) is 1.82. The normalized spacial score (nSPS) is 12.3. The Kier molecular flexibility index (Phi) is 3.26. The second-order valence-electron chi connectivity index (χ2n) is 2.77. The van der Waals surface area contributed by atoms with Crippen LogP contribution in [0.25, 0.3) is 5.57 Å². The highest BCUT2D eigenvalue weighted by Gasteiger charge is 1.99. The highest BCUT2D eigenvalue weighted by Crippen LogP contribution is 2.15. The molecule has 1 heterocycles. The quantitative estimate of drug-likeness (QED) is 0.495. The first-order chi connectivity index (χ1) is 6.29. The van der Waals surface area contributed by atoms with E-state index in [1.54, 1.807) is 6.20 Å². The van der Waals surface area contributed by atoms with Crippen molar-refractivity contribution in [2.24, 2.45) is 12.0 Å². The van der Waals surface area contributed by atoms with Crippen molar-refractivity contribution in [1.82, 2.24) is 4.57 Å². The lowest BCUT2D eigenvalue weighted by Crippen LogP contribution is -1.91. The predicted molar refractivity (Wildman–Crippen MR) is 57.8 cm³/mol. The van der Waals surface area contributed by atoms with Crippen LogP contribution < -0.4 is 0 Å². The smallest absolute Gasteiger partial charge is 0.0493 e. The first-order valence-corrected chi connectivity index (χ1v) is 4.20. The minimum absolute atomic E-state index is 1.07. The van der Waals surface area contributed by atoms with Gasteiger partial charge in [-0.15, -0.1) is 0 Å². The van der Waals surface area contributed by atoms with Crippen molar-refractivity contribution in [1.29, 1.82) is 0 Å². The van der Waals surface area contributed by atoms with E-state index in [0.717, 1.165) is 11.3 Å². The molecule has 0 aliphatic heterocycles. The third-order valence-electron chi connectivity index (χ3n) is 1.82. The summed E-state index contributed by atoms with van der Waals surface area (Å²) in [5.74, 6) is 0. The van der Waals surface area contributed by atoms with E-state index in [0.29, 0.717) is 0 Å². The fourth-order valence-corrected chi connectivity index (χ4v) is 1.23. The molecule has 0 radical (unpaired) electrons. The standard InChI is InChI=1S/C11H14N2/c1-4-6-10(9-12-2)11-7-5-8-13(11)3/h4-9H,2H2,1,3H3/b6-4-,10-9+. The van der Waals surface area contributed by atoms with E-state index in [-0.39, 0.29) is 0 Å². The molecule has 68 valence electrons. The molecule has 0 bridgehead atoms. The van der Waals surface area contributed by atoms with E-state index in [9.17, 15) is 0 Å². The first kappa shape index (κ1) is 9.52. The molecule has 0 N–H and O–H groups in total. The molecule has 0 saturated heterocycles. The van der Waals surface area contributed by atoms with Gasteiger partial charge in [-0.2, -0.15) is 0 Å². The van der Waals surface area contributed by atoms with Crippen molar-refractivity contribution in [3.8, 4) is 0 Å². The fourth-order valence-electron chi connectivity index (χ4n) is 1.23. The molecule has 2 nitrogen and oxygen atoms in total. The zero-order chi connectivity index (χ0) is 9.68. The summed E-state index contributed by atoms with van der Waals surface area (Å²) in [4.78, 5) is 3.78. The summed E-state index contributed by atoms with van der Waals surface area (Å²) in [7, 11) is 2.01. The van der Waals surface area contributed by atoms with Gasteiger partial charge in [-0.05, 0) is 25.8 Å². The van der Waals surface area contributed by atoms with Gasteiger partial charge in [-0.3, -0.25) is 4.99 Å². The molecule has 13 heavy (non-hydrogen) atoms. The van der Waals surface area contributed by atoms with Crippen LogP contribution in [0.15, 0.2) is 41.7 Å². The van der Waals surface area contributed by atoms with E-state index in [4.69, 9.17) is 0 Å². The summed E-state index contributed by atoms with van der Waals surface area (Å²) < 4.78 is 2.05. The van der Waals surface area contributed by atoms with Crippen molar-refractivity contribution >= 4 is 12.3 Å². The Morgan fingerprint density at radius 2 is 2.38 bits per heavy atom. The van der Waals surface area contributed by atoms with Gasteiger partial charge in [0.15, 0.2) is 0 Å². The number of hydrogen-bond acceptors (Lipinski definition) is 1. The number of allylic oxidation sites excluding steroid dienone is 3. The highest BCUT2D eigenvalue weighted by molar-refractivity contribution is 5.72.